The van der Waals surface area contributed by atoms with Gasteiger partial charge in [-0.3, -0.25) is 14.7 Å². The van der Waals surface area contributed by atoms with E-state index in [0.717, 1.165) is 51.0 Å². The van der Waals surface area contributed by atoms with E-state index in [0.29, 0.717) is 24.4 Å². The fourth-order valence-electron chi connectivity index (χ4n) is 5.83. The summed E-state index contributed by atoms with van der Waals surface area (Å²) in [5.41, 5.74) is 3.88. The first kappa shape index (κ1) is 19.7. The molecule has 1 spiro atoms. The van der Waals surface area contributed by atoms with Gasteiger partial charge >= 0.3 is 0 Å². The average molecular weight is 406 g/mol. The van der Waals surface area contributed by atoms with Gasteiger partial charge in [-0.15, -0.1) is 0 Å². The summed E-state index contributed by atoms with van der Waals surface area (Å²) >= 11 is 0. The van der Waals surface area contributed by atoms with E-state index in [9.17, 15) is 4.79 Å². The molecule has 3 aliphatic heterocycles. The Bertz CT molecular complexity index is 902. The summed E-state index contributed by atoms with van der Waals surface area (Å²) in [5.74, 6) is 1.09. The third-order valence-corrected chi connectivity index (χ3v) is 7.41. The first-order valence-electron chi connectivity index (χ1n) is 11.2. The van der Waals surface area contributed by atoms with Crippen molar-refractivity contribution in [2.24, 2.45) is 11.8 Å². The molecule has 0 radical (unpaired) electrons. The van der Waals surface area contributed by atoms with Crippen molar-refractivity contribution in [1.29, 1.82) is 0 Å². The Morgan fingerprint density at radius 2 is 2.20 bits per heavy atom. The molecule has 1 amide bonds. The number of fused-ring (bicyclic) bond motifs is 1. The van der Waals surface area contributed by atoms with Crippen LogP contribution in [0.2, 0.25) is 0 Å². The molecule has 2 aromatic rings. The van der Waals surface area contributed by atoms with Gasteiger partial charge in [-0.1, -0.05) is 30.3 Å². The standard InChI is InChI=1S/C25H31N3O2/c1-18-5-2-3-7-20(18)15-28-16-22-21(23-10-11-25(22,17-28)30-23)14-27-24(29)9-8-19-6-4-12-26-13-19/h2-7,12-13,21-23H,8-11,14-17H2,1H3,(H,27,29)/t21-,22+,23+,25+/m0/s1. The first-order chi connectivity index (χ1) is 14.6. The lowest BCUT2D eigenvalue weighted by Gasteiger charge is -2.29. The van der Waals surface area contributed by atoms with Gasteiger partial charge in [-0.05, 0) is 48.9 Å². The Kier molecular flexibility index (Phi) is 5.34. The molecule has 1 aromatic carbocycles. The highest BCUT2D eigenvalue weighted by molar-refractivity contribution is 5.76. The smallest absolute Gasteiger partial charge is 0.220 e. The van der Waals surface area contributed by atoms with Crippen molar-refractivity contribution in [2.75, 3.05) is 19.6 Å². The molecule has 0 unspecified atom stereocenters. The molecule has 3 fully saturated rings. The van der Waals surface area contributed by atoms with Crippen molar-refractivity contribution in [3.8, 4) is 0 Å². The fraction of sp³-hybridized carbons (Fsp3) is 0.520. The summed E-state index contributed by atoms with van der Waals surface area (Å²) in [5, 5.41) is 3.20. The molecule has 5 nitrogen and oxygen atoms in total. The predicted octanol–water partition coefficient (Wildman–Crippen LogP) is 3.12. The highest BCUT2D eigenvalue weighted by atomic mass is 16.5. The van der Waals surface area contributed by atoms with E-state index < -0.39 is 0 Å². The van der Waals surface area contributed by atoms with E-state index in [2.05, 4.69) is 46.4 Å². The lowest BCUT2D eigenvalue weighted by molar-refractivity contribution is -0.121. The van der Waals surface area contributed by atoms with E-state index in [4.69, 9.17) is 4.74 Å². The lowest BCUT2D eigenvalue weighted by atomic mass is 9.73. The number of nitrogens with one attached hydrogen (secondary N) is 1. The van der Waals surface area contributed by atoms with Crippen LogP contribution in [-0.2, 0) is 22.5 Å². The monoisotopic (exact) mass is 405 g/mol. The van der Waals surface area contributed by atoms with E-state index >= 15 is 0 Å². The zero-order chi connectivity index (χ0) is 20.6. The van der Waals surface area contributed by atoms with E-state index in [1.54, 1.807) is 6.20 Å². The van der Waals surface area contributed by atoms with Crippen LogP contribution in [0.25, 0.3) is 0 Å². The maximum Gasteiger partial charge on any atom is 0.220 e. The van der Waals surface area contributed by atoms with Crippen LogP contribution in [-0.4, -0.2) is 47.1 Å². The van der Waals surface area contributed by atoms with Gasteiger partial charge in [-0.25, -0.2) is 0 Å². The number of carbonyl (C=O) groups excluding carboxylic acids is 1. The van der Waals surface area contributed by atoms with Gasteiger partial charge in [0.05, 0.1) is 11.7 Å². The molecular formula is C25H31N3O2. The Hall–Kier alpha value is -2.24. The Balaban J connectivity index is 1.17. The second kappa shape index (κ2) is 8.12. The minimum Gasteiger partial charge on any atom is -0.370 e. The number of hydrogen-bond acceptors (Lipinski definition) is 4. The zero-order valence-electron chi connectivity index (χ0n) is 17.7. The minimum absolute atomic E-state index is 0.0124. The van der Waals surface area contributed by atoms with Gasteiger partial charge in [0.1, 0.15) is 0 Å². The average Bonchev–Trinajstić information content (AvgIpc) is 3.41. The van der Waals surface area contributed by atoms with Gasteiger partial charge < -0.3 is 10.1 Å². The van der Waals surface area contributed by atoms with Gasteiger partial charge in [0.15, 0.2) is 0 Å². The summed E-state index contributed by atoms with van der Waals surface area (Å²) in [6.07, 6.45) is 7.46. The maximum atomic E-state index is 12.4. The highest BCUT2D eigenvalue weighted by Crippen LogP contribution is 2.54. The summed E-state index contributed by atoms with van der Waals surface area (Å²) in [6.45, 7) is 6.01. The summed E-state index contributed by atoms with van der Waals surface area (Å²) < 4.78 is 6.55. The molecule has 0 aliphatic carbocycles. The van der Waals surface area contributed by atoms with E-state index in [-0.39, 0.29) is 11.5 Å². The lowest BCUT2D eigenvalue weighted by Crippen LogP contribution is -2.41. The number of aromatic nitrogens is 1. The minimum atomic E-state index is 0.0124. The Morgan fingerprint density at radius 3 is 3.03 bits per heavy atom. The first-order valence-corrected chi connectivity index (χ1v) is 11.2. The van der Waals surface area contributed by atoms with Crippen LogP contribution in [0.15, 0.2) is 48.8 Å². The molecule has 3 saturated heterocycles. The SMILES string of the molecule is Cc1ccccc1CN1C[C@@H]2[C@H](CNC(=O)CCc3cccnc3)[C@H]3CC[C@]2(C1)O3. The summed E-state index contributed by atoms with van der Waals surface area (Å²) in [4.78, 5) is 19.1. The number of amides is 1. The molecular weight excluding hydrogens is 374 g/mol. The second-order valence-electron chi connectivity index (χ2n) is 9.29. The number of carbonyl (C=O) groups is 1. The van der Waals surface area contributed by atoms with Gasteiger partial charge in [-0.2, -0.15) is 0 Å². The molecule has 0 saturated carbocycles. The Morgan fingerprint density at radius 1 is 1.30 bits per heavy atom. The van der Waals surface area contributed by atoms with Crippen molar-refractivity contribution in [3.63, 3.8) is 0 Å². The molecule has 1 N–H and O–H groups in total. The van der Waals surface area contributed by atoms with Crippen molar-refractivity contribution >= 4 is 5.91 Å². The molecule has 2 bridgehead atoms. The van der Waals surface area contributed by atoms with Crippen LogP contribution in [0, 0.1) is 18.8 Å². The van der Waals surface area contributed by atoms with Gasteiger partial charge in [0, 0.05) is 56.8 Å². The maximum absolute atomic E-state index is 12.4. The van der Waals surface area contributed by atoms with Crippen LogP contribution in [0.4, 0.5) is 0 Å². The highest BCUT2D eigenvalue weighted by Gasteiger charge is 2.62. The molecule has 4 heterocycles. The second-order valence-corrected chi connectivity index (χ2v) is 9.29. The number of benzene rings is 1. The van der Waals surface area contributed by atoms with Crippen LogP contribution in [0.5, 0.6) is 0 Å². The summed E-state index contributed by atoms with van der Waals surface area (Å²) in [6, 6.07) is 12.6. The largest absolute Gasteiger partial charge is 0.370 e. The molecule has 5 heteroatoms. The summed E-state index contributed by atoms with van der Waals surface area (Å²) in [7, 11) is 0. The van der Waals surface area contributed by atoms with E-state index in [1.165, 1.54) is 11.1 Å². The molecule has 3 aliphatic rings. The number of nitrogens with zero attached hydrogens (tertiary/aromatic N) is 2. The third kappa shape index (κ3) is 3.77. The number of hydrogen-bond donors (Lipinski definition) is 1. The normalized spacial score (nSPS) is 29.8. The van der Waals surface area contributed by atoms with Crippen LogP contribution >= 0.6 is 0 Å². The van der Waals surface area contributed by atoms with Gasteiger partial charge in [0.2, 0.25) is 5.91 Å². The van der Waals surface area contributed by atoms with Crippen molar-refractivity contribution in [1.82, 2.24) is 15.2 Å². The fourth-order valence-corrected chi connectivity index (χ4v) is 5.83. The molecule has 30 heavy (non-hydrogen) atoms. The quantitative estimate of drug-likeness (QED) is 0.769. The molecule has 1 aromatic heterocycles. The molecule has 4 atom stereocenters. The topological polar surface area (TPSA) is 54.5 Å². The van der Waals surface area contributed by atoms with Crippen LogP contribution < -0.4 is 5.32 Å². The van der Waals surface area contributed by atoms with Gasteiger partial charge in [0.25, 0.3) is 0 Å². The Labute approximate surface area is 178 Å². The molecule has 158 valence electrons. The predicted molar refractivity (Wildman–Crippen MR) is 116 cm³/mol. The van der Waals surface area contributed by atoms with Crippen LogP contribution in [0.3, 0.4) is 0 Å². The van der Waals surface area contributed by atoms with Crippen LogP contribution in [0.1, 0.15) is 36.0 Å². The number of rotatable bonds is 7. The number of aryl methyl sites for hydroxylation is 2. The zero-order valence-corrected chi connectivity index (χ0v) is 17.7. The number of ether oxygens (including phenoxy) is 1. The van der Waals surface area contributed by atoms with Crippen molar-refractivity contribution in [3.05, 3.63) is 65.5 Å². The molecule has 5 rings (SSSR count). The van der Waals surface area contributed by atoms with Crippen molar-refractivity contribution in [2.45, 2.75) is 50.9 Å². The number of pyridine rings is 1. The van der Waals surface area contributed by atoms with E-state index in [1.807, 2.05) is 18.3 Å². The third-order valence-electron chi connectivity index (χ3n) is 7.41. The van der Waals surface area contributed by atoms with Crippen molar-refractivity contribution < 1.29 is 9.53 Å². The number of likely N-dealkylation sites (tertiary alicyclic amines) is 1.